The van der Waals surface area contributed by atoms with Crippen molar-refractivity contribution < 1.29 is 23.2 Å². The molecule has 0 radical (unpaired) electrons. The second-order valence-corrected chi connectivity index (χ2v) is 5.11. The van der Waals surface area contributed by atoms with Crippen molar-refractivity contribution in [3.63, 3.8) is 0 Å². The van der Waals surface area contributed by atoms with Crippen molar-refractivity contribution in [1.29, 1.82) is 0 Å². The average Bonchev–Trinajstić information content (AvgIpc) is 2.81. The number of hydrogen-bond donors (Lipinski definition) is 1. The minimum Gasteiger partial charge on any atom is -0.490 e. The smallest absolute Gasteiger partial charge is 0.387 e. The van der Waals surface area contributed by atoms with Gasteiger partial charge in [-0.3, -0.25) is 10.1 Å². The molecule has 0 aliphatic heterocycles. The molecule has 0 saturated heterocycles. The van der Waals surface area contributed by atoms with E-state index in [1.807, 2.05) is 0 Å². The van der Waals surface area contributed by atoms with Gasteiger partial charge in [-0.1, -0.05) is 6.07 Å². The predicted octanol–water partition coefficient (Wildman–Crippen LogP) is 3.25. The Hall–Kier alpha value is -2.91. The first-order valence-corrected chi connectivity index (χ1v) is 7.45. The van der Waals surface area contributed by atoms with Crippen LogP contribution in [0.3, 0.4) is 0 Å². The summed E-state index contributed by atoms with van der Waals surface area (Å²) >= 11 is 0. The van der Waals surface area contributed by atoms with E-state index in [0.717, 1.165) is 0 Å². The van der Waals surface area contributed by atoms with Crippen LogP contribution in [0, 0.1) is 17.0 Å². The first kappa shape index (κ1) is 18.4. The number of hydrogen-bond acceptors (Lipinski definition) is 6. The summed E-state index contributed by atoms with van der Waals surface area (Å²) < 4.78 is 35.9. The van der Waals surface area contributed by atoms with Gasteiger partial charge in [-0.05, 0) is 31.5 Å². The molecule has 136 valence electrons. The van der Waals surface area contributed by atoms with Gasteiger partial charge in [0.05, 0.1) is 11.5 Å². The van der Waals surface area contributed by atoms with Crippen molar-refractivity contribution in [2.75, 3.05) is 11.9 Å². The van der Waals surface area contributed by atoms with E-state index >= 15 is 0 Å². The molecule has 0 aliphatic carbocycles. The number of alkyl halides is 2. The van der Waals surface area contributed by atoms with E-state index in [4.69, 9.17) is 4.74 Å². The molecular formula is C15H18F2N4O4. The van der Waals surface area contributed by atoms with Gasteiger partial charge in [0.15, 0.2) is 11.5 Å². The minimum atomic E-state index is -2.96. The standard InChI is InChI=1S/C15H18F2N4O4/c1-4-24-12-7-10(5-6-11(12)25-15(16)17)8-18-14-13(21(22)23)9(2)19-20(14)3/h5-7,15,18H,4,8H2,1-3H3. The van der Waals surface area contributed by atoms with E-state index in [9.17, 15) is 18.9 Å². The zero-order valence-electron chi connectivity index (χ0n) is 14.0. The molecule has 0 aliphatic rings. The van der Waals surface area contributed by atoms with Crippen LogP contribution in [0.5, 0.6) is 11.5 Å². The maximum Gasteiger partial charge on any atom is 0.387 e. The van der Waals surface area contributed by atoms with Crippen LogP contribution in [0.2, 0.25) is 0 Å². The third-order valence-electron chi connectivity index (χ3n) is 3.36. The molecule has 0 spiro atoms. The van der Waals surface area contributed by atoms with Crippen LogP contribution in [0.15, 0.2) is 18.2 Å². The summed E-state index contributed by atoms with van der Waals surface area (Å²) in [5, 5.41) is 18.1. The first-order valence-electron chi connectivity index (χ1n) is 7.45. The van der Waals surface area contributed by atoms with Crippen LogP contribution in [-0.4, -0.2) is 27.9 Å². The van der Waals surface area contributed by atoms with Crippen LogP contribution in [0.25, 0.3) is 0 Å². The molecule has 1 heterocycles. The number of benzene rings is 1. The lowest BCUT2D eigenvalue weighted by Crippen LogP contribution is -2.08. The van der Waals surface area contributed by atoms with Crippen LogP contribution in [-0.2, 0) is 13.6 Å². The highest BCUT2D eigenvalue weighted by atomic mass is 19.3. The van der Waals surface area contributed by atoms with Gasteiger partial charge in [0, 0.05) is 13.6 Å². The number of nitrogens with zero attached hydrogens (tertiary/aromatic N) is 3. The zero-order valence-corrected chi connectivity index (χ0v) is 14.0. The van der Waals surface area contributed by atoms with Crippen molar-refractivity contribution in [1.82, 2.24) is 9.78 Å². The van der Waals surface area contributed by atoms with Crippen LogP contribution >= 0.6 is 0 Å². The van der Waals surface area contributed by atoms with Crippen molar-refractivity contribution in [3.8, 4) is 11.5 Å². The maximum atomic E-state index is 12.4. The Kier molecular flexibility index (Phi) is 5.73. The lowest BCUT2D eigenvalue weighted by molar-refractivity contribution is -0.384. The number of nitro groups is 1. The molecule has 25 heavy (non-hydrogen) atoms. The Morgan fingerprint density at radius 3 is 2.72 bits per heavy atom. The van der Waals surface area contributed by atoms with Gasteiger partial charge in [-0.2, -0.15) is 13.9 Å². The van der Waals surface area contributed by atoms with E-state index in [1.54, 1.807) is 33.0 Å². The summed E-state index contributed by atoms with van der Waals surface area (Å²) in [6.45, 7) is 0.812. The molecule has 0 unspecified atom stereocenters. The van der Waals surface area contributed by atoms with Crippen LogP contribution < -0.4 is 14.8 Å². The Labute approximate surface area is 142 Å². The minimum absolute atomic E-state index is 0.0667. The van der Waals surface area contributed by atoms with Gasteiger partial charge in [0.25, 0.3) is 0 Å². The molecular weight excluding hydrogens is 338 g/mol. The molecule has 0 amide bonds. The van der Waals surface area contributed by atoms with Crippen molar-refractivity contribution in [2.24, 2.45) is 7.05 Å². The molecule has 0 saturated carbocycles. The first-order chi connectivity index (χ1) is 11.8. The highest BCUT2D eigenvalue weighted by Crippen LogP contribution is 2.31. The average molecular weight is 356 g/mol. The van der Waals surface area contributed by atoms with E-state index in [-0.39, 0.29) is 36.2 Å². The second kappa shape index (κ2) is 7.77. The topological polar surface area (TPSA) is 91.5 Å². The fraction of sp³-hybridized carbons (Fsp3) is 0.400. The number of aryl methyl sites for hydroxylation is 2. The Morgan fingerprint density at radius 1 is 1.40 bits per heavy atom. The molecule has 8 nitrogen and oxygen atoms in total. The number of rotatable bonds is 8. The highest BCUT2D eigenvalue weighted by Gasteiger charge is 2.23. The number of nitrogens with one attached hydrogen (secondary N) is 1. The summed E-state index contributed by atoms with van der Waals surface area (Å²) in [6, 6.07) is 4.49. The van der Waals surface area contributed by atoms with Crippen molar-refractivity contribution in [2.45, 2.75) is 27.0 Å². The number of aromatic nitrogens is 2. The van der Waals surface area contributed by atoms with Gasteiger partial charge < -0.3 is 14.8 Å². The number of anilines is 1. The highest BCUT2D eigenvalue weighted by molar-refractivity contribution is 5.59. The van der Waals surface area contributed by atoms with Crippen LogP contribution in [0.4, 0.5) is 20.3 Å². The summed E-state index contributed by atoms with van der Waals surface area (Å²) in [7, 11) is 1.59. The molecule has 0 bridgehead atoms. The quantitative estimate of drug-likeness (QED) is 0.577. The summed E-state index contributed by atoms with van der Waals surface area (Å²) in [6.07, 6.45) is 0. The zero-order chi connectivity index (χ0) is 18.6. The molecule has 1 N–H and O–H groups in total. The summed E-state index contributed by atoms with van der Waals surface area (Å²) in [5.74, 6) is 0.370. The van der Waals surface area contributed by atoms with Gasteiger partial charge >= 0.3 is 12.3 Å². The molecule has 2 rings (SSSR count). The van der Waals surface area contributed by atoms with E-state index < -0.39 is 11.5 Å². The monoisotopic (exact) mass is 356 g/mol. The Balaban J connectivity index is 2.21. The number of ether oxygens (including phenoxy) is 2. The second-order valence-electron chi connectivity index (χ2n) is 5.11. The molecule has 2 aromatic rings. The fourth-order valence-electron chi connectivity index (χ4n) is 2.37. The lowest BCUT2D eigenvalue weighted by Gasteiger charge is -2.13. The van der Waals surface area contributed by atoms with E-state index in [1.165, 1.54) is 10.7 Å². The third kappa shape index (κ3) is 4.34. The van der Waals surface area contributed by atoms with Gasteiger partial charge in [0.1, 0.15) is 5.69 Å². The van der Waals surface area contributed by atoms with Crippen molar-refractivity contribution in [3.05, 3.63) is 39.6 Å². The molecule has 10 heteroatoms. The van der Waals surface area contributed by atoms with E-state index in [2.05, 4.69) is 15.2 Å². The molecule has 0 atom stereocenters. The maximum absolute atomic E-state index is 12.4. The molecule has 1 aromatic heterocycles. The molecule has 0 fully saturated rings. The predicted molar refractivity (Wildman–Crippen MR) is 86.2 cm³/mol. The van der Waals surface area contributed by atoms with Gasteiger partial charge in [-0.15, -0.1) is 0 Å². The van der Waals surface area contributed by atoms with Crippen molar-refractivity contribution >= 4 is 11.5 Å². The number of halogens is 2. The fourth-order valence-corrected chi connectivity index (χ4v) is 2.37. The van der Waals surface area contributed by atoms with E-state index in [0.29, 0.717) is 11.3 Å². The molecule has 1 aromatic carbocycles. The summed E-state index contributed by atoms with van der Waals surface area (Å²) in [4.78, 5) is 10.7. The largest absolute Gasteiger partial charge is 0.490 e. The Bertz CT molecular complexity index is 764. The lowest BCUT2D eigenvalue weighted by atomic mass is 10.2. The van der Waals surface area contributed by atoms with Crippen LogP contribution in [0.1, 0.15) is 18.2 Å². The Morgan fingerprint density at radius 2 is 2.12 bits per heavy atom. The van der Waals surface area contributed by atoms with Gasteiger partial charge in [0.2, 0.25) is 5.82 Å². The summed E-state index contributed by atoms with van der Waals surface area (Å²) in [5.41, 5.74) is 0.870. The van der Waals surface area contributed by atoms with Gasteiger partial charge in [-0.25, -0.2) is 4.68 Å². The normalized spacial score (nSPS) is 10.8. The third-order valence-corrected chi connectivity index (χ3v) is 3.36. The SMILES string of the molecule is CCOc1cc(CNc2c([N+](=O)[O-])c(C)nn2C)ccc1OC(F)F.